The first-order chi connectivity index (χ1) is 10.1. The summed E-state index contributed by atoms with van der Waals surface area (Å²) in [6.07, 6.45) is 1.81. The second kappa shape index (κ2) is 5.82. The predicted molar refractivity (Wildman–Crippen MR) is 75.9 cm³/mol. The molecular weight excluding hydrogens is 294 g/mol. The van der Waals surface area contributed by atoms with E-state index in [-0.39, 0.29) is 11.7 Å². The van der Waals surface area contributed by atoms with Gasteiger partial charge in [0.2, 0.25) is 16.8 Å². The van der Waals surface area contributed by atoms with Crippen LogP contribution in [0.4, 0.5) is 0 Å². The van der Waals surface area contributed by atoms with Gasteiger partial charge in [-0.3, -0.25) is 0 Å². The molecule has 1 fully saturated rings. The zero-order valence-corrected chi connectivity index (χ0v) is 12.8. The van der Waals surface area contributed by atoms with Crippen LogP contribution in [0, 0.1) is 5.92 Å². The van der Waals surface area contributed by atoms with Gasteiger partial charge in [-0.2, -0.15) is 0 Å². The Kier molecular flexibility index (Phi) is 4.05. The van der Waals surface area contributed by atoms with Crippen molar-refractivity contribution >= 4 is 10.0 Å². The molecule has 0 amide bonds. The van der Waals surface area contributed by atoms with Crippen LogP contribution in [0.25, 0.3) is 0 Å². The Morgan fingerprint density at radius 2 is 1.90 bits per heavy atom. The van der Waals surface area contributed by atoms with Crippen molar-refractivity contribution in [2.45, 2.75) is 17.7 Å². The Labute approximate surface area is 124 Å². The van der Waals surface area contributed by atoms with Crippen LogP contribution in [0.2, 0.25) is 0 Å². The lowest BCUT2D eigenvalue weighted by molar-refractivity contribution is 0.0620. The number of sulfonamides is 1. The van der Waals surface area contributed by atoms with Gasteiger partial charge in [-0.1, -0.05) is 0 Å². The fraction of sp³-hybridized carbons (Fsp3) is 0.571. The van der Waals surface area contributed by atoms with Crippen LogP contribution in [-0.2, 0) is 14.8 Å². The minimum Gasteiger partial charge on any atom is -0.454 e. The average molecular weight is 313 g/mol. The van der Waals surface area contributed by atoms with E-state index < -0.39 is 10.0 Å². The van der Waals surface area contributed by atoms with Gasteiger partial charge in [0.1, 0.15) is 0 Å². The Morgan fingerprint density at radius 3 is 2.67 bits per heavy atom. The van der Waals surface area contributed by atoms with Gasteiger partial charge >= 0.3 is 0 Å². The highest BCUT2D eigenvalue weighted by Crippen LogP contribution is 2.34. The van der Waals surface area contributed by atoms with E-state index in [1.54, 1.807) is 19.2 Å². The molecule has 7 heteroatoms. The topological polar surface area (TPSA) is 65.1 Å². The van der Waals surface area contributed by atoms with E-state index in [1.807, 2.05) is 0 Å². The molecule has 0 atom stereocenters. The molecule has 1 aromatic rings. The summed E-state index contributed by atoms with van der Waals surface area (Å²) in [7, 11) is -1.88. The third-order valence-corrected chi connectivity index (χ3v) is 5.73. The zero-order valence-electron chi connectivity index (χ0n) is 11.9. The molecule has 21 heavy (non-hydrogen) atoms. The zero-order chi connectivity index (χ0) is 14.9. The lowest BCUT2D eigenvalue weighted by atomic mass is 10.0. The van der Waals surface area contributed by atoms with Crippen LogP contribution in [0.1, 0.15) is 12.8 Å². The molecule has 2 aliphatic heterocycles. The molecule has 0 bridgehead atoms. The highest BCUT2D eigenvalue weighted by atomic mass is 32.2. The summed E-state index contributed by atoms with van der Waals surface area (Å²) in [5.41, 5.74) is 0. The summed E-state index contributed by atoms with van der Waals surface area (Å²) in [5.74, 6) is 1.42. The third-order valence-electron chi connectivity index (χ3n) is 3.91. The molecule has 0 aliphatic carbocycles. The molecule has 0 aromatic heterocycles. The minimum absolute atomic E-state index is 0.136. The summed E-state index contributed by atoms with van der Waals surface area (Å²) in [4.78, 5) is 0.237. The number of rotatable bonds is 4. The second-order valence-electron chi connectivity index (χ2n) is 5.36. The van der Waals surface area contributed by atoms with Gasteiger partial charge < -0.3 is 14.2 Å². The number of fused-ring (bicyclic) bond motifs is 1. The maximum atomic E-state index is 12.6. The maximum absolute atomic E-state index is 12.6. The number of benzene rings is 1. The Morgan fingerprint density at radius 1 is 1.19 bits per heavy atom. The molecule has 2 aliphatic rings. The van der Waals surface area contributed by atoms with Crippen LogP contribution in [0.5, 0.6) is 11.5 Å². The Bertz CT molecular complexity index is 610. The monoisotopic (exact) mass is 313 g/mol. The van der Waals surface area contributed by atoms with Crippen molar-refractivity contribution in [2.24, 2.45) is 5.92 Å². The number of ether oxygens (including phenoxy) is 3. The van der Waals surface area contributed by atoms with Gasteiger partial charge in [-0.15, -0.1) is 0 Å². The average Bonchev–Trinajstić information content (AvgIpc) is 2.95. The van der Waals surface area contributed by atoms with Crippen LogP contribution in [0.15, 0.2) is 23.1 Å². The van der Waals surface area contributed by atoms with Gasteiger partial charge in [0.15, 0.2) is 11.5 Å². The molecule has 0 unspecified atom stereocenters. The number of nitrogens with zero attached hydrogens (tertiary/aromatic N) is 1. The number of hydrogen-bond donors (Lipinski definition) is 0. The third kappa shape index (κ3) is 3.00. The van der Waals surface area contributed by atoms with Crippen LogP contribution in [0.3, 0.4) is 0 Å². The second-order valence-corrected chi connectivity index (χ2v) is 7.40. The first-order valence-electron chi connectivity index (χ1n) is 7.01. The minimum atomic E-state index is -3.50. The summed E-state index contributed by atoms with van der Waals surface area (Å²) < 4.78 is 42.4. The van der Waals surface area contributed by atoms with E-state index in [2.05, 4.69) is 0 Å². The van der Waals surface area contributed by atoms with E-state index in [4.69, 9.17) is 14.2 Å². The molecule has 2 heterocycles. The van der Waals surface area contributed by atoms with Gasteiger partial charge in [0.25, 0.3) is 0 Å². The van der Waals surface area contributed by atoms with Gasteiger partial charge in [0.05, 0.1) is 4.90 Å². The van der Waals surface area contributed by atoms with Crippen molar-refractivity contribution in [3.05, 3.63) is 18.2 Å². The number of hydrogen-bond acceptors (Lipinski definition) is 5. The van der Waals surface area contributed by atoms with Crippen LogP contribution < -0.4 is 9.47 Å². The Hall–Kier alpha value is -1.31. The van der Waals surface area contributed by atoms with Crippen molar-refractivity contribution in [3.8, 4) is 11.5 Å². The molecule has 1 aromatic carbocycles. The summed E-state index contributed by atoms with van der Waals surface area (Å²) in [6, 6.07) is 4.72. The molecule has 1 saturated heterocycles. The normalized spacial score (nSPS) is 19.1. The van der Waals surface area contributed by atoms with Gasteiger partial charge in [-0.05, 0) is 30.9 Å². The van der Waals surface area contributed by atoms with Gasteiger partial charge in [-0.25, -0.2) is 12.7 Å². The summed E-state index contributed by atoms with van der Waals surface area (Å²) in [5, 5.41) is 0. The van der Waals surface area contributed by atoms with E-state index in [9.17, 15) is 8.42 Å². The molecule has 0 radical (unpaired) electrons. The first-order valence-corrected chi connectivity index (χ1v) is 8.45. The lowest BCUT2D eigenvalue weighted by Gasteiger charge is -2.26. The van der Waals surface area contributed by atoms with Crippen molar-refractivity contribution in [3.63, 3.8) is 0 Å². The SMILES string of the molecule is CN(CC1CCOCC1)S(=O)(=O)c1ccc2c(c1)OCO2. The van der Waals surface area contributed by atoms with E-state index in [0.717, 1.165) is 12.8 Å². The maximum Gasteiger partial charge on any atom is 0.242 e. The molecule has 0 spiro atoms. The van der Waals surface area contributed by atoms with Crippen molar-refractivity contribution in [1.82, 2.24) is 4.31 Å². The fourth-order valence-electron chi connectivity index (χ4n) is 2.61. The van der Waals surface area contributed by atoms with E-state index >= 15 is 0 Å². The first kappa shape index (κ1) is 14.6. The standard InChI is InChI=1S/C14H19NO5S/c1-15(9-11-4-6-18-7-5-11)21(16,17)12-2-3-13-14(8-12)20-10-19-13/h2-3,8,11H,4-7,9-10H2,1H3. The van der Waals surface area contributed by atoms with E-state index in [1.165, 1.54) is 10.4 Å². The molecule has 6 nitrogen and oxygen atoms in total. The fourth-order valence-corrected chi connectivity index (χ4v) is 3.87. The highest BCUT2D eigenvalue weighted by Gasteiger charge is 2.27. The molecule has 0 N–H and O–H groups in total. The highest BCUT2D eigenvalue weighted by molar-refractivity contribution is 7.89. The van der Waals surface area contributed by atoms with E-state index in [0.29, 0.717) is 37.2 Å². The molecule has 3 rings (SSSR count). The van der Waals surface area contributed by atoms with Crippen molar-refractivity contribution in [2.75, 3.05) is 33.6 Å². The predicted octanol–water partition coefficient (Wildman–Crippen LogP) is 1.46. The molecule has 116 valence electrons. The molecular formula is C14H19NO5S. The van der Waals surface area contributed by atoms with Crippen molar-refractivity contribution in [1.29, 1.82) is 0 Å². The smallest absolute Gasteiger partial charge is 0.242 e. The molecule has 0 saturated carbocycles. The summed E-state index contributed by atoms with van der Waals surface area (Å²) >= 11 is 0. The van der Waals surface area contributed by atoms with Crippen LogP contribution >= 0.6 is 0 Å². The Balaban J connectivity index is 1.75. The van der Waals surface area contributed by atoms with Crippen LogP contribution in [-0.4, -0.2) is 46.3 Å². The quantitative estimate of drug-likeness (QED) is 0.842. The largest absolute Gasteiger partial charge is 0.454 e. The summed E-state index contributed by atoms with van der Waals surface area (Å²) in [6.45, 7) is 2.07. The van der Waals surface area contributed by atoms with Crippen molar-refractivity contribution < 1.29 is 22.6 Å². The van der Waals surface area contributed by atoms with Gasteiger partial charge in [0, 0.05) is 32.9 Å². The lowest BCUT2D eigenvalue weighted by Crippen LogP contribution is -2.34.